The van der Waals surface area contributed by atoms with Gasteiger partial charge in [-0.1, -0.05) is 32.4 Å². The number of hydrogen-bond acceptors (Lipinski definition) is 4. The van der Waals surface area contributed by atoms with E-state index in [1.165, 1.54) is 25.5 Å². The van der Waals surface area contributed by atoms with Gasteiger partial charge in [-0.2, -0.15) is 0 Å². The van der Waals surface area contributed by atoms with E-state index in [2.05, 4.69) is 26.8 Å². The van der Waals surface area contributed by atoms with Crippen LogP contribution >= 0.6 is 0 Å². The fourth-order valence-electron chi connectivity index (χ4n) is 8.14. The molecule has 3 saturated carbocycles. The van der Waals surface area contributed by atoms with Crippen LogP contribution in [0.15, 0.2) is 11.6 Å². The zero-order valence-corrected chi connectivity index (χ0v) is 18.7. The van der Waals surface area contributed by atoms with Crippen LogP contribution in [-0.4, -0.2) is 35.5 Å². The van der Waals surface area contributed by atoms with Gasteiger partial charge in [0.15, 0.2) is 0 Å². The molecule has 29 heavy (non-hydrogen) atoms. The standard InChI is InChI=1S/C25H40O4/c1-15(5-10-23(28)29-4)19-8-9-20-18-7-6-16-13-17(26)11-12-24(16,2)21(18)14-22(27)25(19,20)3/h8,15-18,20-22,26-27H,5-7,9-14H2,1-4H3/t15-,16-,17-,18?,20?,21?,22+,24+,25-/m1/s1. The van der Waals surface area contributed by atoms with Crippen molar-refractivity contribution in [3.8, 4) is 0 Å². The summed E-state index contributed by atoms with van der Waals surface area (Å²) in [6, 6.07) is 0. The summed E-state index contributed by atoms with van der Waals surface area (Å²) in [5.74, 6) is 2.51. The summed E-state index contributed by atoms with van der Waals surface area (Å²) in [4.78, 5) is 11.6. The number of aliphatic hydroxyl groups is 2. The third-order valence-corrected chi connectivity index (χ3v) is 9.93. The topological polar surface area (TPSA) is 66.8 Å². The van der Waals surface area contributed by atoms with E-state index in [9.17, 15) is 15.0 Å². The zero-order valence-electron chi connectivity index (χ0n) is 18.7. The Morgan fingerprint density at radius 1 is 1.21 bits per heavy atom. The summed E-state index contributed by atoms with van der Waals surface area (Å²) in [5, 5.41) is 21.7. The average molecular weight is 405 g/mol. The van der Waals surface area contributed by atoms with Crippen molar-refractivity contribution >= 4 is 5.97 Å². The lowest BCUT2D eigenvalue weighted by atomic mass is 9.44. The van der Waals surface area contributed by atoms with Gasteiger partial charge in [0.1, 0.15) is 0 Å². The predicted octanol–water partition coefficient (Wildman–Crippen LogP) is 4.49. The van der Waals surface area contributed by atoms with Crippen molar-refractivity contribution in [1.82, 2.24) is 0 Å². The van der Waals surface area contributed by atoms with Gasteiger partial charge in [-0.15, -0.1) is 0 Å². The second kappa shape index (κ2) is 7.67. The normalized spacial score (nSPS) is 47.4. The van der Waals surface area contributed by atoms with E-state index in [0.717, 1.165) is 38.5 Å². The van der Waals surface area contributed by atoms with Crippen LogP contribution in [0.4, 0.5) is 0 Å². The molecule has 4 nitrogen and oxygen atoms in total. The van der Waals surface area contributed by atoms with Crippen molar-refractivity contribution in [1.29, 1.82) is 0 Å². The first-order chi connectivity index (χ1) is 13.7. The largest absolute Gasteiger partial charge is 0.469 e. The number of aliphatic hydroxyl groups excluding tert-OH is 2. The first-order valence-electron chi connectivity index (χ1n) is 11.8. The minimum atomic E-state index is -0.314. The highest BCUT2D eigenvalue weighted by Crippen LogP contribution is 2.67. The van der Waals surface area contributed by atoms with Crippen molar-refractivity contribution < 1.29 is 19.7 Å². The summed E-state index contributed by atoms with van der Waals surface area (Å²) >= 11 is 0. The van der Waals surface area contributed by atoms with E-state index in [1.54, 1.807) is 0 Å². The number of ether oxygens (including phenoxy) is 1. The molecule has 9 atom stereocenters. The summed E-state index contributed by atoms with van der Waals surface area (Å²) in [7, 11) is 1.45. The van der Waals surface area contributed by atoms with E-state index >= 15 is 0 Å². The number of hydrogen-bond donors (Lipinski definition) is 2. The molecule has 4 aliphatic rings. The molecule has 4 heteroatoms. The number of carbonyl (C=O) groups is 1. The van der Waals surface area contributed by atoms with Crippen LogP contribution in [0.2, 0.25) is 0 Å². The van der Waals surface area contributed by atoms with Gasteiger partial charge >= 0.3 is 5.97 Å². The van der Waals surface area contributed by atoms with E-state index < -0.39 is 0 Å². The Labute approximate surface area is 176 Å². The number of methoxy groups -OCH3 is 1. The molecule has 0 bridgehead atoms. The lowest BCUT2D eigenvalue weighted by Gasteiger charge is -2.62. The third kappa shape index (κ3) is 3.29. The van der Waals surface area contributed by atoms with Gasteiger partial charge in [0.05, 0.1) is 19.3 Å². The Morgan fingerprint density at radius 2 is 1.97 bits per heavy atom. The van der Waals surface area contributed by atoms with Crippen LogP contribution in [0.25, 0.3) is 0 Å². The van der Waals surface area contributed by atoms with Gasteiger partial charge in [0, 0.05) is 11.8 Å². The smallest absolute Gasteiger partial charge is 0.305 e. The van der Waals surface area contributed by atoms with Gasteiger partial charge in [-0.25, -0.2) is 0 Å². The molecule has 0 aromatic carbocycles. The maximum Gasteiger partial charge on any atom is 0.305 e. The second-order valence-electron chi connectivity index (χ2n) is 11.0. The first-order valence-corrected chi connectivity index (χ1v) is 11.8. The molecule has 0 radical (unpaired) electrons. The maximum absolute atomic E-state index is 11.6. The molecule has 0 aliphatic heterocycles. The van der Waals surface area contributed by atoms with Gasteiger partial charge in [-0.3, -0.25) is 4.79 Å². The van der Waals surface area contributed by atoms with E-state index in [-0.39, 0.29) is 29.0 Å². The summed E-state index contributed by atoms with van der Waals surface area (Å²) in [5.41, 5.74) is 1.49. The van der Waals surface area contributed by atoms with Crippen molar-refractivity contribution in [2.24, 2.45) is 40.4 Å². The molecule has 0 aromatic rings. The minimum absolute atomic E-state index is 0.126. The highest BCUT2D eigenvalue weighted by atomic mass is 16.5. The molecule has 0 saturated heterocycles. The summed E-state index contributed by atoms with van der Waals surface area (Å²) in [6.45, 7) is 6.96. The van der Waals surface area contributed by atoms with Gasteiger partial charge in [0.25, 0.3) is 0 Å². The molecule has 3 fully saturated rings. The summed E-state index contributed by atoms with van der Waals surface area (Å²) < 4.78 is 4.83. The van der Waals surface area contributed by atoms with Crippen LogP contribution in [0.3, 0.4) is 0 Å². The van der Waals surface area contributed by atoms with Crippen LogP contribution < -0.4 is 0 Å². The number of esters is 1. The molecule has 0 aromatic heterocycles. The maximum atomic E-state index is 11.6. The monoisotopic (exact) mass is 404 g/mol. The number of rotatable bonds is 4. The van der Waals surface area contributed by atoms with E-state index in [4.69, 9.17) is 4.74 Å². The highest BCUT2D eigenvalue weighted by molar-refractivity contribution is 5.69. The molecule has 3 unspecified atom stereocenters. The molecule has 0 heterocycles. The van der Waals surface area contributed by atoms with Crippen molar-refractivity contribution in [2.45, 2.75) is 90.8 Å². The fraction of sp³-hybridized carbons (Fsp3) is 0.880. The average Bonchev–Trinajstić information content (AvgIpc) is 3.06. The molecular weight excluding hydrogens is 364 g/mol. The molecule has 164 valence electrons. The SMILES string of the molecule is COC(=O)CC[C@@H](C)C1=CCC2C3CC[C@@H]4C[C@H](O)CC[C@]4(C)C3C[C@H](O)[C@]12C. The second-order valence-corrected chi connectivity index (χ2v) is 11.0. The van der Waals surface area contributed by atoms with E-state index in [0.29, 0.717) is 36.0 Å². The van der Waals surface area contributed by atoms with Gasteiger partial charge in [0.2, 0.25) is 0 Å². The highest BCUT2D eigenvalue weighted by Gasteiger charge is 2.61. The van der Waals surface area contributed by atoms with Crippen LogP contribution in [0, 0.1) is 40.4 Å². The van der Waals surface area contributed by atoms with Crippen LogP contribution in [0.5, 0.6) is 0 Å². The Kier molecular flexibility index (Phi) is 5.65. The molecule has 0 spiro atoms. The Hall–Kier alpha value is -0.870. The number of carbonyl (C=O) groups excluding carboxylic acids is 1. The van der Waals surface area contributed by atoms with Crippen molar-refractivity contribution in [3.05, 3.63) is 11.6 Å². The minimum Gasteiger partial charge on any atom is -0.469 e. The van der Waals surface area contributed by atoms with Gasteiger partial charge in [-0.05, 0) is 86.4 Å². The number of fused-ring (bicyclic) bond motifs is 5. The lowest BCUT2D eigenvalue weighted by Crippen LogP contribution is -2.58. The molecule has 4 rings (SSSR count). The van der Waals surface area contributed by atoms with Crippen LogP contribution in [0.1, 0.15) is 78.6 Å². The molecule has 4 aliphatic carbocycles. The van der Waals surface area contributed by atoms with Crippen molar-refractivity contribution in [3.63, 3.8) is 0 Å². The molecule has 0 amide bonds. The first kappa shape index (κ1) is 21.4. The van der Waals surface area contributed by atoms with Crippen LogP contribution in [-0.2, 0) is 9.53 Å². The Morgan fingerprint density at radius 3 is 2.69 bits per heavy atom. The zero-order chi connectivity index (χ0) is 21.0. The fourth-order valence-corrected chi connectivity index (χ4v) is 8.14. The van der Waals surface area contributed by atoms with Gasteiger partial charge < -0.3 is 14.9 Å². The molecular formula is C25H40O4. The summed E-state index contributed by atoms with van der Waals surface area (Å²) in [6.07, 6.45) is 10.6. The van der Waals surface area contributed by atoms with E-state index in [1.807, 2.05) is 0 Å². The Bertz CT molecular complexity index is 672. The Balaban J connectivity index is 1.54. The lowest BCUT2D eigenvalue weighted by molar-refractivity contribution is -0.156. The quantitative estimate of drug-likeness (QED) is 0.535. The molecule has 2 N–H and O–H groups in total. The van der Waals surface area contributed by atoms with Crippen molar-refractivity contribution in [2.75, 3.05) is 7.11 Å². The third-order valence-electron chi connectivity index (χ3n) is 9.93. The number of allylic oxidation sites excluding steroid dienone is 1. The predicted molar refractivity (Wildman–Crippen MR) is 113 cm³/mol.